The monoisotopic (exact) mass is 276 g/mol. The minimum Gasteiger partial charge on any atom is -0.329 e. The van der Waals surface area contributed by atoms with Gasteiger partial charge in [-0.1, -0.05) is 58.0 Å². The minimum absolute atomic E-state index is 0.449. The summed E-state index contributed by atoms with van der Waals surface area (Å²) >= 11 is 0. The average Bonchev–Trinajstić information content (AvgIpc) is 2.45. The number of rotatable bonds is 9. The first-order valence-corrected chi connectivity index (χ1v) is 8.12. The molecule has 20 heavy (non-hydrogen) atoms. The second-order valence-corrected chi connectivity index (χ2v) is 6.14. The van der Waals surface area contributed by atoms with Crippen molar-refractivity contribution in [1.29, 1.82) is 0 Å². The van der Waals surface area contributed by atoms with Crippen LogP contribution in [0.3, 0.4) is 0 Å². The van der Waals surface area contributed by atoms with Crippen molar-refractivity contribution in [3.8, 4) is 0 Å². The number of nitrogens with zero attached hydrogens (tertiary/aromatic N) is 1. The van der Waals surface area contributed by atoms with Crippen LogP contribution in [0.5, 0.6) is 0 Å². The molecule has 2 nitrogen and oxygen atoms in total. The molecule has 0 saturated heterocycles. The van der Waals surface area contributed by atoms with Crippen LogP contribution in [-0.2, 0) is 6.42 Å². The van der Waals surface area contributed by atoms with Crippen molar-refractivity contribution in [1.82, 2.24) is 4.90 Å². The summed E-state index contributed by atoms with van der Waals surface area (Å²) in [4.78, 5) is 2.65. The molecule has 0 bridgehead atoms. The van der Waals surface area contributed by atoms with Crippen LogP contribution in [-0.4, -0.2) is 30.1 Å². The molecule has 0 heterocycles. The fourth-order valence-corrected chi connectivity index (χ4v) is 3.00. The lowest BCUT2D eigenvalue weighted by atomic mass is 9.99. The Labute approximate surface area is 125 Å². The van der Waals surface area contributed by atoms with Crippen LogP contribution >= 0.6 is 0 Å². The van der Waals surface area contributed by atoms with Gasteiger partial charge in [-0.05, 0) is 30.7 Å². The van der Waals surface area contributed by atoms with Crippen molar-refractivity contribution in [3.63, 3.8) is 0 Å². The van der Waals surface area contributed by atoms with Crippen LogP contribution in [0.25, 0.3) is 0 Å². The Kier molecular flexibility index (Phi) is 7.86. The van der Waals surface area contributed by atoms with Crippen LogP contribution in [0.4, 0.5) is 0 Å². The highest BCUT2D eigenvalue weighted by molar-refractivity contribution is 5.16. The van der Waals surface area contributed by atoms with Crippen LogP contribution < -0.4 is 5.73 Å². The number of benzene rings is 1. The molecule has 0 fully saturated rings. The van der Waals surface area contributed by atoms with E-state index in [-0.39, 0.29) is 0 Å². The topological polar surface area (TPSA) is 29.3 Å². The molecule has 0 amide bonds. The van der Waals surface area contributed by atoms with Gasteiger partial charge < -0.3 is 5.73 Å². The molecule has 1 atom stereocenters. The Morgan fingerprint density at radius 2 is 1.60 bits per heavy atom. The number of hydrogen-bond donors (Lipinski definition) is 1. The molecular formula is C18H32N2. The van der Waals surface area contributed by atoms with Gasteiger partial charge in [-0.15, -0.1) is 0 Å². The zero-order valence-electron chi connectivity index (χ0n) is 13.7. The van der Waals surface area contributed by atoms with Gasteiger partial charge in [0.15, 0.2) is 0 Å². The van der Waals surface area contributed by atoms with E-state index in [0.717, 1.165) is 19.5 Å². The Bertz CT molecular complexity index is 344. The fraction of sp³-hybridized carbons (Fsp3) is 0.667. The second-order valence-electron chi connectivity index (χ2n) is 6.14. The lowest BCUT2D eigenvalue weighted by Crippen LogP contribution is -2.49. The van der Waals surface area contributed by atoms with Crippen molar-refractivity contribution in [2.45, 2.75) is 59.0 Å². The molecule has 0 saturated carbocycles. The molecule has 0 aliphatic rings. The van der Waals surface area contributed by atoms with Crippen LogP contribution in [0.2, 0.25) is 0 Å². The molecule has 2 heteroatoms. The van der Waals surface area contributed by atoms with E-state index in [1.165, 1.54) is 18.4 Å². The summed E-state index contributed by atoms with van der Waals surface area (Å²) < 4.78 is 0. The molecule has 0 aromatic heterocycles. The van der Waals surface area contributed by atoms with Gasteiger partial charge in [0.1, 0.15) is 0 Å². The summed E-state index contributed by atoms with van der Waals surface area (Å²) in [6, 6.07) is 11.8. The van der Waals surface area contributed by atoms with Gasteiger partial charge in [0.05, 0.1) is 0 Å². The highest BCUT2D eigenvalue weighted by Gasteiger charge is 2.24. The summed E-state index contributed by atoms with van der Waals surface area (Å²) in [6.07, 6.45) is 3.46. The van der Waals surface area contributed by atoms with Gasteiger partial charge in [0, 0.05) is 25.2 Å². The predicted molar refractivity (Wildman–Crippen MR) is 88.9 cm³/mol. The molecule has 1 unspecified atom stereocenters. The molecule has 114 valence electrons. The summed E-state index contributed by atoms with van der Waals surface area (Å²) in [5.41, 5.74) is 7.49. The first kappa shape index (κ1) is 17.2. The third-order valence-electron chi connectivity index (χ3n) is 4.04. The zero-order chi connectivity index (χ0) is 15.0. The third-order valence-corrected chi connectivity index (χ3v) is 4.04. The molecule has 0 radical (unpaired) electrons. The Morgan fingerprint density at radius 1 is 1.00 bits per heavy atom. The van der Waals surface area contributed by atoms with Crippen molar-refractivity contribution in [3.05, 3.63) is 35.9 Å². The van der Waals surface area contributed by atoms with E-state index in [1.54, 1.807) is 0 Å². The van der Waals surface area contributed by atoms with Gasteiger partial charge >= 0.3 is 0 Å². The highest BCUT2D eigenvalue weighted by Crippen LogP contribution is 2.18. The Balaban J connectivity index is 2.83. The normalized spacial score (nSPS) is 13.4. The lowest BCUT2D eigenvalue weighted by Gasteiger charge is -2.38. The van der Waals surface area contributed by atoms with Crippen molar-refractivity contribution >= 4 is 0 Å². The largest absolute Gasteiger partial charge is 0.329 e. The first-order valence-electron chi connectivity index (χ1n) is 8.12. The molecular weight excluding hydrogens is 244 g/mol. The molecule has 0 aliphatic carbocycles. The second kappa shape index (κ2) is 9.15. The maximum absolute atomic E-state index is 6.10. The van der Waals surface area contributed by atoms with Crippen LogP contribution in [0, 0.1) is 5.92 Å². The van der Waals surface area contributed by atoms with Crippen molar-refractivity contribution < 1.29 is 0 Å². The van der Waals surface area contributed by atoms with Gasteiger partial charge in [-0.3, -0.25) is 4.90 Å². The molecule has 1 aromatic rings. The third kappa shape index (κ3) is 5.26. The van der Waals surface area contributed by atoms with Gasteiger partial charge in [-0.2, -0.15) is 0 Å². The molecule has 1 rings (SSSR count). The van der Waals surface area contributed by atoms with E-state index in [9.17, 15) is 0 Å². The lowest BCUT2D eigenvalue weighted by molar-refractivity contribution is 0.112. The number of hydrogen-bond acceptors (Lipinski definition) is 2. The van der Waals surface area contributed by atoms with E-state index < -0.39 is 0 Å². The van der Waals surface area contributed by atoms with Crippen LogP contribution in [0.1, 0.15) is 46.1 Å². The van der Waals surface area contributed by atoms with Crippen molar-refractivity contribution in [2.75, 3.05) is 13.1 Å². The summed E-state index contributed by atoms with van der Waals surface area (Å²) in [5.74, 6) is 0.681. The highest BCUT2D eigenvalue weighted by atomic mass is 15.2. The summed E-state index contributed by atoms with van der Waals surface area (Å²) in [5, 5.41) is 0. The van der Waals surface area contributed by atoms with Gasteiger partial charge in [-0.25, -0.2) is 0 Å². The van der Waals surface area contributed by atoms with Crippen LogP contribution in [0.15, 0.2) is 30.3 Å². The van der Waals surface area contributed by atoms with E-state index in [1.807, 2.05) is 0 Å². The minimum atomic E-state index is 0.449. The van der Waals surface area contributed by atoms with E-state index in [0.29, 0.717) is 18.0 Å². The smallest absolute Gasteiger partial charge is 0.0261 e. The quantitative estimate of drug-likeness (QED) is 0.745. The van der Waals surface area contributed by atoms with Gasteiger partial charge in [0.25, 0.3) is 0 Å². The molecule has 0 aliphatic heterocycles. The first-order chi connectivity index (χ1) is 9.62. The SMILES string of the molecule is CCC(CC)N(CC(C)C)C(CN)Cc1ccccc1. The Hall–Kier alpha value is -0.860. The number of nitrogens with two attached hydrogens (primary N) is 1. The summed E-state index contributed by atoms with van der Waals surface area (Å²) in [6.45, 7) is 11.0. The average molecular weight is 276 g/mol. The van der Waals surface area contributed by atoms with E-state index in [4.69, 9.17) is 5.73 Å². The molecule has 2 N–H and O–H groups in total. The maximum atomic E-state index is 6.10. The molecule has 0 spiro atoms. The standard InChI is InChI=1S/C18H32N2/c1-5-17(6-2)20(14-15(3)4)18(13-19)12-16-10-8-7-9-11-16/h7-11,15,17-18H,5-6,12-14,19H2,1-4H3. The van der Waals surface area contributed by atoms with Crippen molar-refractivity contribution in [2.24, 2.45) is 11.7 Å². The van der Waals surface area contributed by atoms with E-state index >= 15 is 0 Å². The Morgan fingerprint density at radius 3 is 2.05 bits per heavy atom. The maximum Gasteiger partial charge on any atom is 0.0261 e. The van der Waals surface area contributed by atoms with E-state index in [2.05, 4.69) is 62.9 Å². The zero-order valence-corrected chi connectivity index (χ0v) is 13.7. The fourth-order valence-electron chi connectivity index (χ4n) is 3.00. The predicted octanol–water partition coefficient (Wildman–Crippen LogP) is 3.70. The molecule has 1 aromatic carbocycles. The summed E-state index contributed by atoms with van der Waals surface area (Å²) in [7, 11) is 0. The van der Waals surface area contributed by atoms with Gasteiger partial charge in [0.2, 0.25) is 0 Å².